The molecule has 3 amide bonds. The maximum absolute atomic E-state index is 13.0. The predicted octanol–water partition coefficient (Wildman–Crippen LogP) is 2.94. The van der Waals surface area contributed by atoms with Gasteiger partial charge in [0.1, 0.15) is 0 Å². The lowest BCUT2D eigenvalue weighted by Crippen LogP contribution is -2.56. The predicted molar refractivity (Wildman–Crippen MR) is 110 cm³/mol. The third-order valence-corrected chi connectivity index (χ3v) is 5.71. The van der Waals surface area contributed by atoms with Crippen LogP contribution in [0.1, 0.15) is 33.1 Å². The lowest BCUT2D eigenvalue weighted by molar-refractivity contribution is -0.140. The van der Waals surface area contributed by atoms with E-state index in [4.69, 9.17) is 5.73 Å². The highest BCUT2D eigenvalue weighted by Gasteiger charge is 2.38. The van der Waals surface area contributed by atoms with Crippen LogP contribution in [0.2, 0.25) is 0 Å². The molecule has 2 unspecified atom stereocenters. The second-order valence-corrected chi connectivity index (χ2v) is 8.22. The molecule has 0 radical (unpaired) electrons. The summed E-state index contributed by atoms with van der Waals surface area (Å²) in [5, 5.41) is 2.92. The normalized spacial score (nSPS) is 24.7. The second kappa shape index (κ2) is 8.93. The van der Waals surface area contributed by atoms with Crippen molar-refractivity contribution in [3.05, 3.63) is 30.3 Å². The van der Waals surface area contributed by atoms with E-state index < -0.39 is 0 Å². The number of piperidine rings is 2. The molecule has 7 heteroatoms. The van der Waals surface area contributed by atoms with Gasteiger partial charge in [-0.05, 0) is 36.8 Å². The van der Waals surface area contributed by atoms with Crippen molar-refractivity contribution >= 4 is 30.0 Å². The van der Waals surface area contributed by atoms with Gasteiger partial charge in [-0.3, -0.25) is 4.79 Å². The van der Waals surface area contributed by atoms with Crippen LogP contribution in [0.4, 0.5) is 10.5 Å². The molecule has 6 nitrogen and oxygen atoms in total. The number of nitrogens with zero attached hydrogens (tertiary/aromatic N) is 2. The van der Waals surface area contributed by atoms with Gasteiger partial charge in [-0.2, -0.15) is 0 Å². The van der Waals surface area contributed by atoms with Crippen LogP contribution in [0.25, 0.3) is 0 Å². The number of nitrogens with one attached hydrogen (secondary N) is 1. The van der Waals surface area contributed by atoms with E-state index in [-0.39, 0.29) is 41.7 Å². The highest BCUT2D eigenvalue weighted by Crippen LogP contribution is 2.30. The molecule has 0 aliphatic carbocycles. The molecule has 0 bridgehead atoms. The minimum atomic E-state index is -0.130. The van der Waals surface area contributed by atoms with Crippen molar-refractivity contribution in [2.75, 3.05) is 31.5 Å². The van der Waals surface area contributed by atoms with Crippen molar-refractivity contribution in [2.24, 2.45) is 17.1 Å². The molecule has 150 valence electrons. The largest absolute Gasteiger partial charge is 0.342 e. The molecule has 2 saturated heterocycles. The SMILES string of the molecule is CC1(C)CN(C(=O)C2CCCN(C(=O)Nc3ccccc3)C2)CCC1N.Cl. The molecule has 2 heterocycles. The van der Waals surface area contributed by atoms with E-state index in [9.17, 15) is 9.59 Å². The zero-order valence-electron chi connectivity index (χ0n) is 16.2. The zero-order valence-corrected chi connectivity index (χ0v) is 17.0. The van der Waals surface area contributed by atoms with E-state index in [1.807, 2.05) is 35.2 Å². The van der Waals surface area contributed by atoms with E-state index in [1.54, 1.807) is 4.90 Å². The van der Waals surface area contributed by atoms with Gasteiger partial charge in [0.25, 0.3) is 0 Å². The van der Waals surface area contributed by atoms with Crippen molar-refractivity contribution < 1.29 is 9.59 Å². The third-order valence-electron chi connectivity index (χ3n) is 5.71. The van der Waals surface area contributed by atoms with E-state index in [1.165, 1.54) is 0 Å². The summed E-state index contributed by atoms with van der Waals surface area (Å²) in [7, 11) is 0. The summed E-state index contributed by atoms with van der Waals surface area (Å²) >= 11 is 0. The van der Waals surface area contributed by atoms with Gasteiger partial charge in [0.05, 0.1) is 5.92 Å². The molecule has 3 N–H and O–H groups in total. The lowest BCUT2D eigenvalue weighted by Gasteiger charge is -2.44. The number of amides is 3. The first kappa shape index (κ1) is 21.5. The van der Waals surface area contributed by atoms with Crippen LogP contribution in [-0.2, 0) is 4.79 Å². The number of benzene rings is 1. The molecule has 1 aromatic rings. The Hall–Kier alpha value is -1.79. The molecule has 2 fully saturated rings. The number of likely N-dealkylation sites (tertiary alicyclic amines) is 2. The summed E-state index contributed by atoms with van der Waals surface area (Å²) in [6.45, 7) is 6.84. The Balaban J connectivity index is 0.00000261. The second-order valence-electron chi connectivity index (χ2n) is 8.22. The Morgan fingerprint density at radius 3 is 2.48 bits per heavy atom. The number of anilines is 1. The van der Waals surface area contributed by atoms with Crippen LogP contribution < -0.4 is 11.1 Å². The highest BCUT2D eigenvalue weighted by molar-refractivity contribution is 5.90. The first-order valence-corrected chi connectivity index (χ1v) is 9.52. The molecular formula is C20H31ClN4O2. The van der Waals surface area contributed by atoms with Gasteiger partial charge in [0.15, 0.2) is 0 Å². The van der Waals surface area contributed by atoms with E-state index in [0.29, 0.717) is 19.6 Å². The number of urea groups is 1. The van der Waals surface area contributed by atoms with Crippen molar-refractivity contribution in [1.29, 1.82) is 0 Å². The number of carbonyl (C=O) groups is 2. The minimum Gasteiger partial charge on any atom is -0.342 e. The van der Waals surface area contributed by atoms with Crippen LogP contribution >= 0.6 is 12.4 Å². The fourth-order valence-electron chi connectivity index (χ4n) is 3.91. The smallest absolute Gasteiger partial charge is 0.321 e. The molecule has 27 heavy (non-hydrogen) atoms. The number of carbonyl (C=O) groups excluding carboxylic acids is 2. The van der Waals surface area contributed by atoms with E-state index in [0.717, 1.165) is 31.5 Å². The van der Waals surface area contributed by atoms with Gasteiger partial charge in [0.2, 0.25) is 5.91 Å². The number of halogens is 1. The number of hydrogen-bond acceptors (Lipinski definition) is 3. The lowest BCUT2D eigenvalue weighted by atomic mass is 9.79. The quantitative estimate of drug-likeness (QED) is 0.809. The van der Waals surface area contributed by atoms with Crippen LogP contribution in [0, 0.1) is 11.3 Å². The standard InChI is InChI=1S/C20H30N4O2.ClH/c1-20(2)14-24(12-10-17(20)21)18(25)15-7-6-11-23(13-15)19(26)22-16-8-4-3-5-9-16;/h3-5,8-9,15,17H,6-7,10-14,21H2,1-2H3,(H,22,26);1H. The summed E-state index contributed by atoms with van der Waals surface area (Å²) in [4.78, 5) is 29.2. The fourth-order valence-corrected chi connectivity index (χ4v) is 3.91. The van der Waals surface area contributed by atoms with Crippen LogP contribution in [0.5, 0.6) is 0 Å². The van der Waals surface area contributed by atoms with Crippen LogP contribution in [-0.4, -0.2) is 54.0 Å². The van der Waals surface area contributed by atoms with Crippen LogP contribution in [0.15, 0.2) is 30.3 Å². The fraction of sp³-hybridized carbons (Fsp3) is 0.600. The highest BCUT2D eigenvalue weighted by atomic mass is 35.5. The Morgan fingerprint density at radius 2 is 1.81 bits per heavy atom. The van der Waals surface area contributed by atoms with Crippen molar-refractivity contribution in [2.45, 2.75) is 39.2 Å². The van der Waals surface area contributed by atoms with Gasteiger partial charge < -0.3 is 20.9 Å². The topological polar surface area (TPSA) is 78.7 Å². The number of nitrogens with two attached hydrogens (primary N) is 1. The maximum Gasteiger partial charge on any atom is 0.321 e. The minimum absolute atomic E-state index is 0. The Morgan fingerprint density at radius 1 is 1.11 bits per heavy atom. The van der Waals surface area contributed by atoms with Crippen molar-refractivity contribution in [1.82, 2.24) is 9.80 Å². The van der Waals surface area contributed by atoms with Crippen molar-refractivity contribution in [3.63, 3.8) is 0 Å². The number of para-hydroxylation sites is 1. The molecule has 0 saturated carbocycles. The molecule has 2 atom stereocenters. The van der Waals surface area contributed by atoms with Gasteiger partial charge in [-0.25, -0.2) is 4.79 Å². The average Bonchev–Trinajstić information content (AvgIpc) is 2.64. The zero-order chi connectivity index (χ0) is 18.7. The molecule has 2 aliphatic rings. The van der Waals surface area contributed by atoms with Crippen molar-refractivity contribution in [3.8, 4) is 0 Å². The first-order valence-electron chi connectivity index (χ1n) is 9.52. The molecular weight excluding hydrogens is 364 g/mol. The van der Waals surface area contributed by atoms with Gasteiger partial charge in [-0.1, -0.05) is 32.0 Å². The Labute approximate surface area is 167 Å². The third kappa shape index (κ3) is 5.14. The van der Waals surface area contributed by atoms with E-state index >= 15 is 0 Å². The number of hydrogen-bond donors (Lipinski definition) is 2. The first-order chi connectivity index (χ1) is 12.4. The molecule has 3 rings (SSSR count). The van der Waals surface area contributed by atoms with Crippen LogP contribution in [0.3, 0.4) is 0 Å². The summed E-state index contributed by atoms with van der Waals surface area (Å²) in [5.74, 6) is 0.0533. The monoisotopic (exact) mass is 394 g/mol. The summed E-state index contributed by atoms with van der Waals surface area (Å²) < 4.78 is 0. The molecule has 1 aromatic carbocycles. The summed E-state index contributed by atoms with van der Waals surface area (Å²) in [6, 6.07) is 9.42. The van der Waals surface area contributed by atoms with E-state index in [2.05, 4.69) is 19.2 Å². The molecule has 2 aliphatic heterocycles. The molecule has 0 spiro atoms. The van der Waals surface area contributed by atoms with Gasteiger partial charge in [0, 0.05) is 37.9 Å². The molecule has 0 aromatic heterocycles. The van der Waals surface area contributed by atoms with Gasteiger partial charge >= 0.3 is 6.03 Å². The Kier molecular flexibility index (Phi) is 7.12. The summed E-state index contributed by atoms with van der Waals surface area (Å²) in [5.41, 5.74) is 6.90. The van der Waals surface area contributed by atoms with Gasteiger partial charge in [-0.15, -0.1) is 12.4 Å². The summed E-state index contributed by atoms with van der Waals surface area (Å²) in [6.07, 6.45) is 2.54. The maximum atomic E-state index is 13.0. The number of rotatable bonds is 2. The average molecular weight is 395 g/mol. The Bertz CT molecular complexity index is 653.